The second-order valence-electron chi connectivity index (χ2n) is 5.43. The summed E-state index contributed by atoms with van der Waals surface area (Å²) in [6.07, 6.45) is 0.847. The lowest BCUT2D eigenvalue weighted by Crippen LogP contribution is -2.39. The second kappa shape index (κ2) is 9.69. The molecule has 2 amide bonds. The van der Waals surface area contributed by atoms with Crippen LogP contribution in [0.25, 0.3) is 11.1 Å². The summed E-state index contributed by atoms with van der Waals surface area (Å²) in [7, 11) is 0. The molecule has 2 N–H and O–H groups in total. The number of hydrogen-bond donors (Lipinski definition) is 2. The zero-order chi connectivity index (χ0) is 18.1. The van der Waals surface area contributed by atoms with Gasteiger partial charge in [0.1, 0.15) is 5.75 Å². The number of carbonyl (C=O) groups is 2. The van der Waals surface area contributed by atoms with Crippen molar-refractivity contribution in [3.8, 4) is 16.9 Å². The molecule has 2 rings (SSSR count). The fraction of sp³-hybridized carbons (Fsp3) is 0.263. The van der Waals surface area contributed by atoms with Gasteiger partial charge in [-0.2, -0.15) is 0 Å². The largest absolute Gasteiger partial charge is 0.482 e. The van der Waals surface area contributed by atoms with Crippen molar-refractivity contribution >= 4 is 23.4 Å². The molecule has 0 saturated heterocycles. The minimum absolute atomic E-state index is 0.0666. The van der Waals surface area contributed by atoms with E-state index in [9.17, 15) is 9.59 Å². The lowest BCUT2D eigenvalue weighted by molar-refractivity contribution is -0.127. The highest BCUT2D eigenvalue weighted by Gasteiger charge is 2.09. The van der Waals surface area contributed by atoms with Crippen LogP contribution in [0.4, 0.5) is 0 Å². The zero-order valence-electron chi connectivity index (χ0n) is 14.0. The van der Waals surface area contributed by atoms with Gasteiger partial charge in [0.2, 0.25) is 5.91 Å². The fourth-order valence-electron chi connectivity index (χ4n) is 2.13. The molecule has 25 heavy (non-hydrogen) atoms. The topological polar surface area (TPSA) is 67.4 Å². The summed E-state index contributed by atoms with van der Waals surface area (Å²) >= 11 is 6.23. The first-order valence-corrected chi connectivity index (χ1v) is 8.49. The van der Waals surface area contributed by atoms with Gasteiger partial charge < -0.3 is 15.4 Å². The SMILES string of the molecule is CCCNC(=O)CNC(=O)COc1ccc(-c2ccccc2)cc1Cl. The normalized spacial score (nSPS) is 10.2. The van der Waals surface area contributed by atoms with Crippen LogP contribution in [0.1, 0.15) is 13.3 Å². The van der Waals surface area contributed by atoms with Gasteiger partial charge in [0.05, 0.1) is 11.6 Å². The average Bonchev–Trinajstić information content (AvgIpc) is 2.64. The Balaban J connectivity index is 1.84. The van der Waals surface area contributed by atoms with E-state index >= 15 is 0 Å². The fourth-order valence-corrected chi connectivity index (χ4v) is 2.36. The Labute approximate surface area is 152 Å². The van der Waals surface area contributed by atoms with Gasteiger partial charge in [-0.05, 0) is 29.7 Å². The summed E-state index contributed by atoms with van der Waals surface area (Å²) in [6.45, 7) is 2.28. The molecule has 0 bridgehead atoms. The molecule has 0 radical (unpaired) electrons. The van der Waals surface area contributed by atoms with Crippen molar-refractivity contribution in [3.05, 3.63) is 53.6 Å². The monoisotopic (exact) mass is 360 g/mol. The van der Waals surface area contributed by atoms with Gasteiger partial charge in [0.25, 0.3) is 5.91 Å². The van der Waals surface area contributed by atoms with Crippen LogP contribution in [0.3, 0.4) is 0 Å². The molecule has 0 heterocycles. The number of amides is 2. The van der Waals surface area contributed by atoms with Gasteiger partial charge in [-0.3, -0.25) is 9.59 Å². The number of nitrogens with one attached hydrogen (secondary N) is 2. The van der Waals surface area contributed by atoms with Crippen molar-refractivity contribution in [2.75, 3.05) is 19.7 Å². The Bertz CT molecular complexity index is 720. The van der Waals surface area contributed by atoms with E-state index in [2.05, 4.69) is 10.6 Å². The highest BCUT2D eigenvalue weighted by atomic mass is 35.5. The van der Waals surface area contributed by atoms with Crippen molar-refractivity contribution in [1.29, 1.82) is 0 Å². The van der Waals surface area contributed by atoms with Crippen LogP contribution in [-0.4, -0.2) is 31.5 Å². The first-order chi connectivity index (χ1) is 12.1. The van der Waals surface area contributed by atoms with E-state index in [0.717, 1.165) is 17.5 Å². The Morgan fingerprint density at radius 2 is 1.76 bits per heavy atom. The third kappa shape index (κ3) is 6.12. The summed E-state index contributed by atoms with van der Waals surface area (Å²) < 4.78 is 5.43. The summed E-state index contributed by atoms with van der Waals surface area (Å²) in [5, 5.41) is 5.60. The summed E-state index contributed by atoms with van der Waals surface area (Å²) in [6, 6.07) is 15.2. The number of benzene rings is 2. The van der Waals surface area contributed by atoms with Crippen LogP contribution in [0, 0.1) is 0 Å². The summed E-state index contributed by atoms with van der Waals surface area (Å²) in [5.74, 6) is -0.178. The van der Waals surface area contributed by atoms with Gasteiger partial charge in [-0.1, -0.05) is 54.9 Å². The third-order valence-electron chi connectivity index (χ3n) is 3.42. The van der Waals surface area contributed by atoms with Crippen molar-refractivity contribution in [2.24, 2.45) is 0 Å². The predicted octanol–water partition coefficient (Wildman–Crippen LogP) is 3.03. The van der Waals surface area contributed by atoms with Gasteiger partial charge in [-0.25, -0.2) is 0 Å². The highest BCUT2D eigenvalue weighted by molar-refractivity contribution is 6.32. The van der Waals surface area contributed by atoms with Gasteiger partial charge >= 0.3 is 0 Å². The highest BCUT2D eigenvalue weighted by Crippen LogP contribution is 2.30. The lowest BCUT2D eigenvalue weighted by atomic mass is 10.1. The van der Waals surface area contributed by atoms with E-state index in [4.69, 9.17) is 16.3 Å². The molecular weight excluding hydrogens is 340 g/mol. The van der Waals surface area contributed by atoms with E-state index in [1.54, 1.807) is 12.1 Å². The maximum atomic E-state index is 11.7. The Hall–Kier alpha value is -2.53. The quantitative estimate of drug-likeness (QED) is 0.760. The van der Waals surface area contributed by atoms with Crippen LogP contribution in [-0.2, 0) is 9.59 Å². The first-order valence-electron chi connectivity index (χ1n) is 8.11. The second-order valence-corrected chi connectivity index (χ2v) is 5.83. The minimum atomic E-state index is -0.380. The molecular formula is C19H21ClN2O3. The number of carbonyl (C=O) groups excluding carboxylic acids is 2. The standard InChI is InChI=1S/C19H21ClN2O3/c1-2-10-21-18(23)12-22-19(24)13-25-17-9-8-15(11-16(17)20)14-6-4-3-5-7-14/h3-9,11H,2,10,12-13H2,1H3,(H,21,23)(H,22,24). The van der Waals surface area contributed by atoms with Crippen LogP contribution in [0.5, 0.6) is 5.75 Å². The van der Waals surface area contributed by atoms with Crippen LogP contribution in [0.2, 0.25) is 5.02 Å². The van der Waals surface area contributed by atoms with Crippen LogP contribution in [0.15, 0.2) is 48.5 Å². The molecule has 0 aliphatic rings. The molecule has 2 aromatic rings. The molecule has 0 saturated carbocycles. The molecule has 0 aliphatic carbocycles. The molecule has 0 atom stereocenters. The smallest absolute Gasteiger partial charge is 0.258 e. The molecule has 6 heteroatoms. The lowest BCUT2D eigenvalue weighted by Gasteiger charge is -2.10. The Kier molecular flexibility index (Phi) is 7.29. The van der Waals surface area contributed by atoms with Crippen LogP contribution < -0.4 is 15.4 Å². The summed E-state index contributed by atoms with van der Waals surface area (Å²) in [4.78, 5) is 23.2. The average molecular weight is 361 g/mol. The first kappa shape index (κ1) is 18.8. The van der Waals surface area contributed by atoms with Gasteiger partial charge in [0, 0.05) is 6.54 Å². The molecule has 0 fully saturated rings. The zero-order valence-corrected chi connectivity index (χ0v) is 14.8. The van der Waals surface area contributed by atoms with E-state index < -0.39 is 0 Å². The molecule has 2 aromatic carbocycles. The van der Waals surface area contributed by atoms with E-state index in [1.807, 2.05) is 43.3 Å². The predicted molar refractivity (Wildman–Crippen MR) is 98.7 cm³/mol. The summed E-state index contributed by atoms with van der Waals surface area (Å²) in [5.41, 5.74) is 2.02. The Morgan fingerprint density at radius 3 is 2.44 bits per heavy atom. The van der Waals surface area contributed by atoms with Crippen molar-refractivity contribution in [2.45, 2.75) is 13.3 Å². The molecule has 132 valence electrons. The third-order valence-corrected chi connectivity index (χ3v) is 3.71. The number of rotatable bonds is 8. The number of halogens is 1. The van der Waals surface area contributed by atoms with E-state index in [1.165, 1.54) is 0 Å². The van der Waals surface area contributed by atoms with Gasteiger partial charge in [0.15, 0.2) is 6.61 Å². The molecule has 0 unspecified atom stereocenters. The molecule has 5 nitrogen and oxygen atoms in total. The minimum Gasteiger partial charge on any atom is -0.482 e. The Morgan fingerprint density at radius 1 is 1.00 bits per heavy atom. The van der Waals surface area contributed by atoms with Crippen molar-refractivity contribution < 1.29 is 14.3 Å². The number of hydrogen-bond acceptors (Lipinski definition) is 3. The molecule has 0 spiro atoms. The van der Waals surface area contributed by atoms with Gasteiger partial charge in [-0.15, -0.1) is 0 Å². The number of ether oxygens (including phenoxy) is 1. The molecule has 0 aliphatic heterocycles. The maximum Gasteiger partial charge on any atom is 0.258 e. The van der Waals surface area contributed by atoms with Crippen molar-refractivity contribution in [1.82, 2.24) is 10.6 Å². The van der Waals surface area contributed by atoms with Crippen molar-refractivity contribution in [3.63, 3.8) is 0 Å². The molecule has 0 aromatic heterocycles. The van der Waals surface area contributed by atoms with Crippen LogP contribution >= 0.6 is 11.6 Å². The van der Waals surface area contributed by atoms with E-state index in [0.29, 0.717) is 17.3 Å². The van der Waals surface area contributed by atoms with E-state index in [-0.39, 0.29) is 25.0 Å². The maximum absolute atomic E-state index is 11.7.